The standard InChI is InChI=1S/C17H16Cl3N3O5/c1-27-12-7-8-13(14(9-12)23(25)26)21-15(17(18,19)20)22-16(24)28-10-11-5-3-2-4-6-11/h2-9,15,21H,10H2,1H3,(H,22,24)/t15-/m0/s1. The molecule has 8 nitrogen and oxygen atoms in total. The number of carbonyl (C=O) groups is 1. The zero-order valence-electron chi connectivity index (χ0n) is 14.5. The molecule has 0 heterocycles. The largest absolute Gasteiger partial charge is 0.496 e. The van der Waals surface area contributed by atoms with E-state index >= 15 is 0 Å². The maximum atomic E-state index is 12.1. The molecule has 0 saturated carbocycles. The number of halogens is 3. The minimum atomic E-state index is -2.03. The summed E-state index contributed by atoms with van der Waals surface area (Å²) in [6.07, 6.45) is -2.18. The fourth-order valence-corrected chi connectivity index (χ4v) is 2.48. The smallest absolute Gasteiger partial charge is 0.409 e. The lowest BCUT2D eigenvalue weighted by atomic mass is 10.2. The number of hydrogen-bond acceptors (Lipinski definition) is 6. The second kappa shape index (κ2) is 9.68. The number of nitro benzene ring substituents is 1. The summed E-state index contributed by atoms with van der Waals surface area (Å²) in [5, 5.41) is 16.3. The van der Waals surface area contributed by atoms with Crippen LogP contribution in [-0.2, 0) is 11.3 Å². The SMILES string of the molecule is COc1ccc(N[C@@H](NC(=O)OCc2ccccc2)C(Cl)(Cl)Cl)c([N+](=O)[O-])c1. The van der Waals surface area contributed by atoms with E-state index in [2.05, 4.69) is 10.6 Å². The van der Waals surface area contributed by atoms with Crippen molar-refractivity contribution in [3.8, 4) is 5.75 Å². The van der Waals surface area contributed by atoms with Gasteiger partial charge in [0.25, 0.3) is 5.69 Å². The highest BCUT2D eigenvalue weighted by atomic mass is 35.6. The molecule has 11 heteroatoms. The lowest BCUT2D eigenvalue weighted by Gasteiger charge is -2.27. The number of nitrogens with zero attached hydrogens (tertiary/aromatic N) is 1. The van der Waals surface area contributed by atoms with Crippen LogP contribution < -0.4 is 15.4 Å². The summed E-state index contributed by atoms with van der Waals surface area (Å²) in [7, 11) is 1.38. The lowest BCUT2D eigenvalue weighted by molar-refractivity contribution is -0.384. The summed E-state index contributed by atoms with van der Waals surface area (Å²) in [6.45, 7) is 0.00192. The van der Waals surface area contributed by atoms with E-state index in [9.17, 15) is 14.9 Å². The molecular formula is C17H16Cl3N3O5. The van der Waals surface area contributed by atoms with Gasteiger partial charge in [0, 0.05) is 0 Å². The Hall–Kier alpha value is -2.42. The van der Waals surface area contributed by atoms with Crippen LogP contribution in [0.2, 0.25) is 0 Å². The van der Waals surface area contributed by atoms with Crippen LogP contribution >= 0.6 is 34.8 Å². The van der Waals surface area contributed by atoms with E-state index in [4.69, 9.17) is 44.3 Å². The van der Waals surface area contributed by atoms with Gasteiger partial charge in [0.2, 0.25) is 3.79 Å². The van der Waals surface area contributed by atoms with E-state index in [1.807, 2.05) is 6.07 Å². The molecule has 0 saturated heterocycles. The number of hydrogen-bond donors (Lipinski definition) is 2. The number of anilines is 1. The Labute approximate surface area is 175 Å². The van der Waals surface area contributed by atoms with Crippen molar-refractivity contribution >= 4 is 52.3 Å². The number of alkyl halides is 3. The summed E-state index contributed by atoms with van der Waals surface area (Å²) in [4.78, 5) is 22.8. The molecule has 0 aliphatic heterocycles. The van der Waals surface area contributed by atoms with E-state index in [1.54, 1.807) is 24.3 Å². The van der Waals surface area contributed by atoms with Gasteiger partial charge in [-0.2, -0.15) is 0 Å². The van der Waals surface area contributed by atoms with Crippen molar-refractivity contribution < 1.29 is 19.2 Å². The number of methoxy groups -OCH3 is 1. The molecule has 2 aromatic rings. The molecule has 0 spiro atoms. The Morgan fingerprint density at radius 2 is 1.89 bits per heavy atom. The number of carbonyl (C=O) groups excluding carboxylic acids is 1. The van der Waals surface area contributed by atoms with E-state index < -0.39 is 21.0 Å². The number of amides is 1. The first-order valence-corrected chi connectivity index (χ1v) is 8.97. The van der Waals surface area contributed by atoms with Gasteiger partial charge >= 0.3 is 6.09 Å². The Balaban J connectivity index is 2.12. The number of nitrogens with one attached hydrogen (secondary N) is 2. The third-order valence-electron chi connectivity index (χ3n) is 3.50. The topological polar surface area (TPSA) is 103 Å². The third kappa shape index (κ3) is 6.33. The van der Waals surface area contributed by atoms with Gasteiger partial charge in [-0.05, 0) is 17.7 Å². The van der Waals surface area contributed by atoms with Crippen LogP contribution in [0.15, 0.2) is 48.5 Å². The molecule has 0 radical (unpaired) electrons. The van der Waals surface area contributed by atoms with Crippen molar-refractivity contribution in [1.82, 2.24) is 5.32 Å². The molecule has 0 unspecified atom stereocenters. The van der Waals surface area contributed by atoms with Gasteiger partial charge < -0.3 is 14.8 Å². The maximum absolute atomic E-state index is 12.1. The zero-order valence-corrected chi connectivity index (χ0v) is 16.8. The molecule has 1 atom stereocenters. The molecule has 0 fully saturated rings. The molecule has 0 bridgehead atoms. The maximum Gasteiger partial charge on any atom is 0.409 e. The van der Waals surface area contributed by atoms with Gasteiger partial charge in [-0.3, -0.25) is 15.4 Å². The zero-order chi connectivity index (χ0) is 20.7. The van der Waals surface area contributed by atoms with Crippen LogP contribution in [0.3, 0.4) is 0 Å². The summed E-state index contributed by atoms with van der Waals surface area (Å²) >= 11 is 17.7. The van der Waals surface area contributed by atoms with Gasteiger partial charge in [-0.1, -0.05) is 65.1 Å². The van der Waals surface area contributed by atoms with Crippen LogP contribution in [0.5, 0.6) is 5.75 Å². The second-order valence-electron chi connectivity index (χ2n) is 5.47. The Bertz CT molecular complexity index is 831. The lowest BCUT2D eigenvalue weighted by Crippen LogP contribution is -2.49. The number of ether oxygens (including phenoxy) is 2. The predicted molar refractivity (Wildman–Crippen MR) is 107 cm³/mol. The highest BCUT2D eigenvalue weighted by Crippen LogP contribution is 2.35. The first kappa shape index (κ1) is 21.9. The first-order chi connectivity index (χ1) is 13.2. The Morgan fingerprint density at radius 1 is 1.21 bits per heavy atom. The fraction of sp³-hybridized carbons (Fsp3) is 0.235. The number of alkyl carbamates (subject to hydrolysis) is 1. The van der Waals surface area contributed by atoms with E-state index in [1.165, 1.54) is 25.3 Å². The van der Waals surface area contributed by atoms with Crippen molar-refractivity contribution in [2.75, 3.05) is 12.4 Å². The molecule has 0 aromatic heterocycles. The van der Waals surface area contributed by atoms with Crippen molar-refractivity contribution in [1.29, 1.82) is 0 Å². The van der Waals surface area contributed by atoms with Gasteiger partial charge in [-0.15, -0.1) is 0 Å². The molecule has 2 N–H and O–H groups in total. The van der Waals surface area contributed by atoms with Gasteiger partial charge in [0.15, 0.2) is 6.17 Å². The van der Waals surface area contributed by atoms with Gasteiger partial charge in [-0.25, -0.2) is 4.79 Å². The third-order valence-corrected chi connectivity index (χ3v) is 4.16. The minimum Gasteiger partial charge on any atom is -0.496 e. The Kier molecular flexibility index (Phi) is 7.56. The molecule has 0 aliphatic carbocycles. The van der Waals surface area contributed by atoms with E-state index in [-0.39, 0.29) is 23.7 Å². The van der Waals surface area contributed by atoms with Crippen molar-refractivity contribution in [3.63, 3.8) is 0 Å². The van der Waals surface area contributed by atoms with E-state index in [0.29, 0.717) is 0 Å². The molecule has 0 aliphatic rings. The van der Waals surface area contributed by atoms with E-state index in [0.717, 1.165) is 5.56 Å². The molecule has 28 heavy (non-hydrogen) atoms. The van der Waals surface area contributed by atoms with Crippen LogP contribution in [0.25, 0.3) is 0 Å². The summed E-state index contributed by atoms with van der Waals surface area (Å²) in [5.41, 5.74) is 0.463. The van der Waals surface area contributed by atoms with Gasteiger partial charge in [0.05, 0.1) is 18.1 Å². The predicted octanol–water partition coefficient (Wildman–Crippen LogP) is 4.64. The summed E-state index contributed by atoms with van der Waals surface area (Å²) in [5.74, 6) is 0.276. The number of rotatable bonds is 7. The highest BCUT2D eigenvalue weighted by Gasteiger charge is 2.36. The van der Waals surface area contributed by atoms with Crippen LogP contribution in [0, 0.1) is 10.1 Å². The Morgan fingerprint density at radius 3 is 2.46 bits per heavy atom. The van der Waals surface area contributed by atoms with Crippen molar-refractivity contribution in [2.45, 2.75) is 16.6 Å². The molecule has 150 valence electrons. The fourth-order valence-electron chi connectivity index (χ4n) is 2.15. The average molecular weight is 449 g/mol. The van der Waals surface area contributed by atoms with Crippen LogP contribution in [-0.4, -0.2) is 28.1 Å². The monoisotopic (exact) mass is 447 g/mol. The molecule has 2 rings (SSSR count). The normalized spacial score (nSPS) is 12.0. The molecular weight excluding hydrogens is 433 g/mol. The quantitative estimate of drug-likeness (QED) is 0.277. The molecule has 2 aromatic carbocycles. The summed E-state index contributed by atoms with van der Waals surface area (Å²) in [6, 6.07) is 13.0. The second-order valence-corrected chi connectivity index (χ2v) is 7.83. The van der Waals surface area contributed by atoms with Gasteiger partial charge in [0.1, 0.15) is 18.0 Å². The highest BCUT2D eigenvalue weighted by molar-refractivity contribution is 6.68. The van der Waals surface area contributed by atoms with Crippen LogP contribution in [0.1, 0.15) is 5.56 Å². The minimum absolute atomic E-state index is 0.00192. The summed E-state index contributed by atoms with van der Waals surface area (Å²) < 4.78 is 8.03. The number of nitro groups is 1. The van der Waals surface area contributed by atoms with Crippen molar-refractivity contribution in [3.05, 3.63) is 64.2 Å². The average Bonchev–Trinajstić information content (AvgIpc) is 2.66. The van der Waals surface area contributed by atoms with Crippen molar-refractivity contribution in [2.24, 2.45) is 0 Å². The first-order valence-electron chi connectivity index (χ1n) is 7.83. The van der Waals surface area contributed by atoms with Crippen LogP contribution in [0.4, 0.5) is 16.2 Å². The molecule has 1 amide bonds. The number of benzene rings is 2.